The van der Waals surface area contributed by atoms with Crippen molar-refractivity contribution in [3.63, 3.8) is 0 Å². The van der Waals surface area contributed by atoms with Gasteiger partial charge in [-0.05, 0) is 12.1 Å². The molecule has 60 valence electrons. The van der Waals surface area contributed by atoms with E-state index in [1.165, 1.54) is 12.3 Å². The highest BCUT2D eigenvalue weighted by Gasteiger charge is 2.04. The van der Waals surface area contributed by atoms with Gasteiger partial charge in [-0.15, -0.1) is 0 Å². The van der Waals surface area contributed by atoms with Crippen LogP contribution in [0.3, 0.4) is 0 Å². The second kappa shape index (κ2) is 2.41. The number of nitrogens with one attached hydrogen (secondary N) is 1. The average Bonchev–Trinajstić information content (AvgIpc) is 2.46. The minimum absolute atomic E-state index is 0.379. The van der Waals surface area contributed by atoms with Crippen molar-refractivity contribution < 1.29 is 9.18 Å². The minimum Gasteiger partial charge on any atom is -0.359 e. The summed E-state index contributed by atoms with van der Waals surface area (Å²) in [6.45, 7) is 0. The first kappa shape index (κ1) is 6.97. The molecule has 1 N–H and O–H groups in total. The van der Waals surface area contributed by atoms with Crippen LogP contribution < -0.4 is 0 Å². The van der Waals surface area contributed by atoms with E-state index < -0.39 is 5.95 Å². The molecule has 0 aliphatic rings. The lowest BCUT2D eigenvalue weighted by molar-refractivity contribution is 0.112. The highest BCUT2D eigenvalue weighted by atomic mass is 19.1. The molecule has 12 heavy (non-hydrogen) atoms. The molecule has 2 heterocycles. The summed E-state index contributed by atoms with van der Waals surface area (Å²) in [5, 5.41) is 0. The molecule has 0 saturated heterocycles. The van der Waals surface area contributed by atoms with Crippen LogP contribution in [0, 0.1) is 5.95 Å². The van der Waals surface area contributed by atoms with Crippen LogP contribution >= 0.6 is 0 Å². The molecular weight excluding hydrogens is 159 g/mol. The third-order valence-corrected chi connectivity index (χ3v) is 1.64. The number of fused-ring (bicyclic) bond motifs is 1. The Bertz CT molecular complexity index is 436. The van der Waals surface area contributed by atoms with Crippen LogP contribution in [-0.2, 0) is 0 Å². The normalized spacial score (nSPS) is 10.4. The first-order chi connectivity index (χ1) is 5.81. The number of hydrogen-bond donors (Lipinski definition) is 1. The lowest BCUT2D eigenvalue weighted by atomic mass is 10.3. The zero-order valence-corrected chi connectivity index (χ0v) is 6.04. The number of halogens is 1. The Balaban J connectivity index is 2.83. The number of H-pyrrole nitrogens is 1. The number of pyridine rings is 1. The largest absolute Gasteiger partial charge is 0.359 e. The fourth-order valence-corrected chi connectivity index (χ4v) is 1.09. The molecule has 0 aliphatic heterocycles. The molecular formula is C8H5FN2O. The van der Waals surface area contributed by atoms with Gasteiger partial charge in [0, 0.05) is 6.20 Å². The minimum atomic E-state index is -0.579. The molecule has 3 nitrogen and oxygen atoms in total. The van der Waals surface area contributed by atoms with Crippen molar-refractivity contribution in [3.05, 3.63) is 29.8 Å². The summed E-state index contributed by atoms with van der Waals surface area (Å²) in [7, 11) is 0. The second-order valence-corrected chi connectivity index (χ2v) is 2.39. The van der Waals surface area contributed by atoms with Crippen LogP contribution in [0.1, 0.15) is 10.4 Å². The smallest absolute Gasteiger partial charge is 0.213 e. The Morgan fingerprint density at radius 3 is 3.08 bits per heavy atom. The molecule has 0 radical (unpaired) electrons. The van der Waals surface area contributed by atoms with Gasteiger partial charge in [0.25, 0.3) is 0 Å². The first-order valence-corrected chi connectivity index (χ1v) is 3.40. The molecule has 0 amide bonds. The Kier molecular flexibility index (Phi) is 1.40. The van der Waals surface area contributed by atoms with Gasteiger partial charge in [0.2, 0.25) is 5.95 Å². The van der Waals surface area contributed by atoms with E-state index in [9.17, 15) is 9.18 Å². The molecule has 2 aromatic heterocycles. The SMILES string of the molecule is O=Cc1c[nH]c2ccc(F)nc12. The lowest BCUT2D eigenvalue weighted by Gasteiger charge is -1.88. The van der Waals surface area contributed by atoms with E-state index >= 15 is 0 Å². The van der Waals surface area contributed by atoms with Gasteiger partial charge in [-0.3, -0.25) is 4.79 Å². The van der Waals surface area contributed by atoms with E-state index in [1.807, 2.05) is 0 Å². The number of aromatic amines is 1. The number of aldehydes is 1. The summed E-state index contributed by atoms with van der Waals surface area (Å²) in [5.41, 5.74) is 1.42. The molecule has 0 fully saturated rings. The second-order valence-electron chi connectivity index (χ2n) is 2.39. The number of carbonyl (C=O) groups excluding carboxylic acids is 1. The van der Waals surface area contributed by atoms with Gasteiger partial charge in [-0.1, -0.05) is 0 Å². The van der Waals surface area contributed by atoms with Crippen LogP contribution in [0.15, 0.2) is 18.3 Å². The van der Waals surface area contributed by atoms with Crippen LogP contribution in [0.25, 0.3) is 11.0 Å². The van der Waals surface area contributed by atoms with E-state index in [4.69, 9.17) is 0 Å². The van der Waals surface area contributed by atoms with Gasteiger partial charge < -0.3 is 4.98 Å². The van der Waals surface area contributed by atoms with Gasteiger partial charge in [-0.2, -0.15) is 4.39 Å². The summed E-state index contributed by atoms with van der Waals surface area (Å²) in [4.78, 5) is 16.8. The van der Waals surface area contributed by atoms with Gasteiger partial charge in [0.15, 0.2) is 6.29 Å². The van der Waals surface area contributed by atoms with Crippen molar-refractivity contribution in [2.24, 2.45) is 0 Å². The van der Waals surface area contributed by atoms with Crippen molar-refractivity contribution in [2.45, 2.75) is 0 Å². The summed E-state index contributed by atoms with van der Waals surface area (Å²) in [6.07, 6.45) is 2.15. The van der Waals surface area contributed by atoms with Gasteiger partial charge in [0.05, 0.1) is 11.1 Å². The maximum atomic E-state index is 12.6. The molecule has 0 spiro atoms. The molecule has 0 atom stereocenters. The van der Waals surface area contributed by atoms with Gasteiger partial charge >= 0.3 is 0 Å². The van der Waals surface area contributed by atoms with Crippen molar-refractivity contribution in [2.75, 3.05) is 0 Å². The molecule has 0 bridgehead atoms. The van der Waals surface area contributed by atoms with E-state index in [2.05, 4.69) is 9.97 Å². The highest BCUT2D eigenvalue weighted by molar-refractivity contribution is 5.94. The number of hydrogen-bond acceptors (Lipinski definition) is 2. The molecule has 0 unspecified atom stereocenters. The summed E-state index contributed by atoms with van der Waals surface area (Å²) in [6, 6.07) is 2.79. The van der Waals surface area contributed by atoms with Gasteiger partial charge in [-0.25, -0.2) is 4.98 Å². The summed E-state index contributed by atoms with van der Waals surface area (Å²) >= 11 is 0. The van der Waals surface area contributed by atoms with Crippen molar-refractivity contribution >= 4 is 17.3 Å². The fraction of sp³-hybridized carbons (Fsp3) is 0. The van der Waals surface area contributed by atoms with E-state index in [0.717, 1.165) is 0 Å². The molecule has 0 saturated carbocycles. The van der Waals surface area contributed by atoms with E-state index in [1.54, 1.807) is 6.07 Å². The van der Waals surface area contributed by atoms with Crippen molar-refractivity contribution in [1.82, 2.24) is 9.97 Å². The molecule has 0 aliphatic carbocycles. The summed E-state index contributed by atoms with van der Waals surface area (Å²) < 4.78 is 12.6. The monoisotopic (exact) mass is 164 g/mol. The third-order valence-electron chi connectivity index (χ3n) is 1.64. The van der Waals surface area contributed by atoms with Crippen LogP contribution in [0.2, 0.25) is 0 Å². The average molecular weight is 164 g/mol. The van der Waals surface area contributed by atoms with Crippen molar-refractivity contribution in [1.29, 1.82) is 0 Å². The van der Waals surface area contributed by atoms with Crippen LogP contribution in [0.5, 0.6) is 0 Å². The first-order valence-electron chi connectivity index (χ1n) is 3.40. The third kappa shape index (κ3) is 0.887. The van der Waals surface area contributed by atoms with Gasteiger partial charge in [0.1, 0.15) is 5.52 Å². The van der Waals surface area contributed by atoms with Crippen LogP contribution in [-0.4, -0.2) is 16.3 Å². The zero-order valence-electron chi connectivity index (χ0n) is 6.04. The number of nitrogens with zero attached hydrogens (tertiary/aromatic N) is 1. The molecule has 0 aromatic carbocycles. The van der Waals surface area contributed by atoms with Crippen LogP contribution in [0.4, 0.5) is 4.39 Å². The summed E-state index contributed by atoms with van der Waals surface area (Å²) in [5.74, 6) is -0.579. The predicted octanol–water partition coefficient (Wildman–Crippen LogP) is 1.51. The zero-order chi connectivity index (χ0) is 8.55. The Morgan fingerprint density at radius 2 is 2.33 bits per heavy atom. The maximum Gasteiger partial charge on any atom is 0.213 e. The Hall–Kier alpha value is -1.71. The highest BCUT2D eigenvalue weighted by Crippen LogP contribution is 2.13. The Morgan fingerprint density at radius 1 is 1.50 bits per heavy atom. The number of carbonyl (C=O) groups is 1. The van der Waals surface area contributed by atoms with Crippen molar-refractivity contribution in [3.8, 4) is 0 Å². The molecule has 2 rings (SSSR count). The fourth-order valence-electron chi connectivity index (χ4n) is 1.09. The van der Waals surface area contributed by atoms with E-state index in [0.29, 0.717) is 22.9 Å². The maximum absolute atomic E-state index is 12.6. The topological polar surface area (TPSA) is 45.8 Å². The Labute approximate surface area is 67.2 Å². The number of rotatable bonds is 1. The molecule has 4 heteroatoms. The number of aromatic nitrogens is 2. The standard InChI is InChI=1S/C8H5FN2O/c9-7-2-1-6-8(11-7)5(4-12)3-10-6/h1-4,10H. The lowest BCUT2D eigenvalue weighted by Crippen LogP contribution is -1.83. The predicted molar refractivity (Wildman–Crippen MR) is 41.4 cm³/mol. The van der Waals surface area contributed by atoms with E-state index in [-0.39, 0.29) is 0 Å². The molecule has 2 aromatic rings. The quantitative estimate of drug-likeness (QED) is 0.513.